The number of para-hydroxylation sites is 1. The average molecular weight is 572 g/mol. The SMILES string of the molecule is CCOC(=O)N[C@H](Cc1ccc2ccccc2c1)C(=O)N[C@H](Cc1c[nH]c2ccccc12)c1nc(-c2ccccc2)c[nH]1. The number of rotatable bonds is 10. The summed E-state index contributed by atoms with van der Waals surface area (Å²) >= 11 is 0. The molecule has 2 amide bonds. The highest BCUT2D eigenvalue weighted by Gasteiger charge is 2.27. The molecule has 8 heteroatoms. The summed E-state index contributed by atoms with van der Waals surface area (Å²) in [6, 6.07) is 30.7. The first-order valence-corrected chi connectivity index (χ1v) is 14.4. The molecule has 0 unspecified atom stereocenters. The number of nitrogens with zero attached hydrogens (tertiary/aromatic N) is 1. The maximum Gasteiger partial charge on any atom is 0.407 e. The van der Waals surface area contributed by atoms with Gasteiger partial charge in [0.15, 0.2) is 0 Å². The van der Waals surface area contributed by atoms with Crippen LogP contribution in [0.2, 0.25) is 0 Å². The second kappa shape index (κ2) is 12.7. The molecule has 2 heterocycles. The van der Waals surface area contributed by atoms with Crippen molar-refractivity contribution in [3.05, 3.63) is 126 Å². The van der Waals surface area contributed by atoms with E-state index in [9.17, 15) is 9.59 Å². The summed E-state index contributed by atoms with van der Waals surface area (Å²) in [6.07, 6.45) is 3.96. The van der Waals surface area contributed by atoms with Crippen molar-refractivity contribution in [2.75, 3.05) is 6.61 Å². The number of ether oxygens (including phenoxy) is 1. The molecule has 2 aromatic heterocycles. The maximum atomic E-state index is 14.0. The fourth-order valence-electron chi connectivity index (χ4n) is 5.41. The van der Waals surface area contributed by atoms with Crippen molar-refractivity contribution in [2.24, 2.45) is 0 Å². The first-order valence-electron chi connectivity index (χ1n) is 14.4. The second-order valence-corrected chi connectivity index (χ2v) is 10.5. The summed E-state index contributed by atoms with van der Waals surface area (Å²) in [4.78, 5) is 38.0. The molecule has 216 valence electrons. The lowest BCUT2D eigenvalue weighted by Gasteiger charge is -2.23. The van der Waals surface area contributed by atoms with E-state index < -0.39 is 18.2 Å². The highest BCUT2D eigenvalue weighted by Crippen LogP contribution is 2.26. The number of alkyl carbamates (subject to hydrolysis) is 1. The molecule has 0 aliphatic carbocycles. The van der Waals surface area contributed by atoms with Crippen LogP contribution in [-0.2, 0) is 22.4 Å². The molecular weight excluding hydrogens is 538 g/mol. The minimum Gasteiger partial charge on any atom is -0.450 e. The van der Waals surface area contributed by atoms with Crippen molar-refractivity contribution >= 4 is 33.7 Å². The number of aromatic amines is 2. The zero-order valence-electron chi connectivity index (χ0n) is 23.8. The van der Waals surface area contributed by atoms with Crippen LogP contribution in [0.15, 0.2) is 109 Å². The Morgan fingerprint density at radius 3 is 2.42 bits per heavy atom. The van der Waals surface area contributed by atoms with Crippen LogP contribution in [0.5, 0.6) is 0 Å². The summed E-state index contributed by atoms with van der Waals surface area (Å²) in [7, 11) is 0. The lowest BCUT2D eigenvalue weighted by Crippen LogP contribution is -2.49. The first-order chi connectivity index (χ1) is 21.1. The molecule has 0 saturated carbocycles. The van der Waals surface area contributed by atoms with Crippen molar-refractivity contribution in [2.45, 2.75) is 31.8 Å². The summed E-state index contributed by atoms with van der Waals surface area (Å²) < 4.78 is 5.15. The van der Waals surface area contributed by atoms with Gasteiger partial charge in [-0.3, -0.25) is 4.79 Å². The molecule has 0 fully saturated rings. The topological polar surface area (TPSA) is 112 Å². The average Bonchev–Trinajstić information content (AvgIpc) is 3.69. The lowest BCUT2D eigenvalue weighted by atomic mass is 10.00. The van der Waals surface area contributed by atoms with Gasteiger partial charge in [-0.1, -0.05) is 91.0 Å². The van der Waals surface area contributed by atoms with Crippen LogP contribution in [0.3, 0.4) is 0 Å². The van der Waals surface area contributed by atoms with Gasteiger partial charge in [0.2, 0.25) is 5.91 Å². The summed E-state index contributed by atoms with van der Waals surface area (Å²) in [6.45, 7) is 1.93. The third-order valence-electron chi connectivity index (χ3n) is 7.55. The molecule has 0 radical (unpaired) electrons. The number of carbonyl (C=O) groups excluding carboxylic acids is 2. The van der Waals surface area contributed by atoms with Gasteiger partial charge in [-0.15, -0.1) is 0 Å². The van der Waals surface area contributed by atoms with Crippen molar-refractivity contribution in [3.8, 4) is 11.3 Å². The van der Waals surface area contributed by atoms with E-state index >= 15 is 0 Å². The van der Waals surface area contributed by atoms with Gasteiger partial charge in [-0.05, 0) is 34.9 Å². The van der Waals surface area contributed by atoms with Gasteiger partial charge in [0, 0.05) is 41.7 Å². The van der Waals surface area contributed by atoms with E-state index in [1.165, 1.54) is 0 Å². The molecule has 2 atom stereocenters. The molecular formula is C35H33N5O3. The monoisotopic (exact) mass is 571 g/mol. The molecule has 6 aromatic rings. The maximum absolute atomic E-state index is 14.0. The number of amides is 2. The number of imidazole rings is 1. The number of aromatic nitrogens is 3. The minimum atomic E-state index is -0.866. The quantitative estimate of drug-likeness (QED) is 0.151. The molecule has 4 N–H and O–H groups in total. The fraction of sp³-hybridized carbons (Fsp3) is 0.171. The van der Waals surface area contributed by atoms with Crippen LogP contribution in [0, 0.1) is 0 Å². The first kappa shape index (κ1) is 27.8. The van der Waals surface area contributed by atoms with Crippen molar-refractivity contribution < 1.29 is 14.3 Å². The van der Waals surface area contributed by atoms with Gasteiger partial charge in [0.1, 0.15) is 11.9 Å². The number of hydrogen-bond acceptors (Lipinski definition) is 4. The number of fused-ring (bicyclic) bond motifs is 2. The molecule has 0 spiro atoms. The Labute approximate surface area is 249 Å². The Balaban J connectivity index is 1.30. The Morgan fingerprint density at radius 2 is 1.58 bits per heavy atom. The third-order valence-corrected chi connectivity index (χ3v) is 7.55. The molecule has 0 aliphatic heterocycles. The lowest BCUT2D eigenvalue weighted by molar-refractivity contribution is -0.123. The molecule has 4 aromatic carbocycles. The number of hydrogen-bond donors (Lipinski definition) is 4. The normalized spacial score (nSPS) is 12.6. The van der Waals surface area contributed by atoms with E-state index in [2.05, 4.69) is 26.7 Å². The molecule has 0 aliphatic rings. The Morgan fingerprint density at radius 1 is 0.814 bits per heavy atom. The molecule has 6 rings (SSSR count). The summed E-state index contributed by atoms with van der Waals surface area (Å²) in [5.74, 6) is 0.293. The zero-order valence-corrected chi connectivity index (χ0v) is 23.8. The number of H-pyrrole nitrogens is 2. The van der Waals surface area contributed by atoms with Crippen LogP contribution in [0.25, 0.3) is 32.9 Å². The van der Waals surface area contributed by atoms with E-state index in [1.807, 2.05) is 103 Å². The van der Waals surface area contributed by atoms with E-state index in [4.69, 9.17) is 9.72 Å². The van der Waals surface area contributed by atoms with Crippen LogP contribution >= 0.6 is 0 Å². The molecule has 0 saturated heterocycles. The van der Waals surface area contributed by atoms with Crippen LogP contribution in [0.4, 0.5) is 4.79 Å². The molecule has 0 bridgehead atoms. The highest BCUT2D eigenvalue weighted by molar-refractivity contribution is 5.88. The standard InChI is InChI=1S/C35H33N5O3/c1-2-43-35(42)40-31(19-23-16-17-24-10-6-7-13-26(24)18-23)34(41)39-30(20-27-21-36-29-15-9-8-14-28(27)29)33-37-22-32(38-33)25-11-4-3-5-12-25/h3-18,21-22,30-31,36H,2,19-20H2,1H3,(H,37,38)(H,39,41)(H,40,42)/t30-,31-/m1/s1. The largest absolute Gasteiger partial charge is 0.450 e. The van der Waals surface area contributed by atoms with Gasteiger partial charge < -0.3 is 25.3 Å². The van der Waals surface area contributed by atoms with E-state index in [-0.39, 0.29) is 12.5 Å². The predicted octanol–water partition coefficient (Wildman–Crippen LogP) is 6.47. The van der Waals surface area contributed by atoms with Crippen LogP contribution in [-0.4, -0.2) is 39.6 Å². The second-order valence-electron chi connectivity index (χ2n) is 10.5. The van der Waals surface area contributed by atoms with E-state index in [0.717, 1.165) is 44.1 Å². The zero-order chi connectivity index (χ0) is 29.6. The fourth-order valence-corrected chi connectivity index (χ4v) is 5.41. The number of benzene rings is 4. The predicted molar refractivity (Wildman–Crippen MR) is 169 cm³/mol. The van der Waals surface area contributed by atoms with Crippen LogP contribution < -0.4 is 10.6 Å². The Hall–Kier alpha value is -5.37. The smallest absolute Gasteiger partial charge is 0.407 e. The molecule has 8 nitrogen and oxygen atoms in total. The van der Waals surface area contributed by atoms with Crippen LogP contribution in [0.1, 0.15) is 29.9 Å². The third kappa shape index (κ3) is 6.43. The number of carbonyl (C=O) groups is 2. The van der Waals surface area contributed by atoms with Gasteiger partial charge in [0.25, 0.3) is 0 Å². The number of nitrogens with one attached hydrogen (secondary N) is 4. The Kier molecular flexibility index (Phi) is 8.17. The van der Waals surface area contributed by atoms with Crippen molar-refractivity contribution in [3.63, 3.8) is 0 Å². The van der Waals surface area contributed by atoms with E-state index in [1.54, 1.807) is 6.92 Å². The van der Waals surface area contributed by atoms with Gasteiger partial charge in [-0.25, -0.2) is 9.78 Å². The summed E-state index contributed by atoms with van der Waals surface area (Å²) in [5, 5.41) is 9.22. The highest BCUT2D eigenvalue weighted by atomic mass is 16.5. The summed E-state index contributed by atoms with van der Waals surface area (Å²) in [5.41, 5.74) is 4.74. The molecule has 43 heavy (non-hydrogen) atoms. The van der Waals surface area contributed by atoms with Gasteiger partial charge >= 0.3 is 6.09 Å². The minimum absolute atomic E-state index is 0.202. The Bertz CT molecular complexity index is 1860. The van der Waals surface area contributed by atoms with Gasteiger partial charge in [0.05, 0.1) is 18.3 Å². The van der Waals surface area contributed by atoms with E-state index in [0.29, 0.717) is 18.7 Å². The van der Waals surface area contributed by atoms with Crippen molar-refractivity contribution in [1.82, 2.24) is 25.6 Å². The van der Waals surface area contributed by atoms with Crippen molar-refractivity contribution in [1.29, 1.82) is 0 Å². The van der Waals surface area contributed by atoms with Gasteiger partial charge in [-0.2, -0.15) is 0 Å².